The van der Waals surface area contributed by atoms with E-state index in [9.17, 15) is 9.59 Å². The summed E-state index contributed by atoms with van der Waals surface area (Å²) in [5.41, 5.74) is 0. The first-order valence-corrected chi connectivity index (χ1v) is 11.6. The van der Waals surface area contributed by atoms with Gasteiger partial charge in [0.2, 0.25) is 11.8 Å². The summed E-state index contributed by atoms with van der Waals surface area (Å²) in [5, 5.41) is 6.08. The predicted molar refractivity (Wildman–Crippen MR) is 116 cm³/mol. The molecule has 0 aliphatic carbocycles. The number of hydrogen-bond donors (Lipinski definition) is 2. The van der Waals surface area contributed by atoms with Crippen molar-refractivity contribution in [3.8, 4) is 0 Å². The number of carbonyl (C=O) groups is 2. The molecule has 0 radical (unpaired) electrons. The van der Waals surface area contributed by atoms with Crippen LogP contribution in [0.5, 0.6) is 0 Å². The van der Waals surface area contributed by atoms with Crippen molar-refractivity contribution in [2.75, 3.05) is 52.4 Å². The first-order chi connectivity index (χ1) is 13.7. The molecule has 28 heavy (non-hydrogen) atoms. The molecule has 0 unspecified atom stereocenters. The van der Waals surface area contributed by atoms with E-state index in [1.54, 1.807) is 0 Å². The van der Waals surface area contributed by atoms with Gasteiger partial charge < -0.3 is 20.4 Å². The van der Waals surface area contributed by atoms with E-state index in [0.717, 1.165) is 104 Å². The Bertz CT molecular complexity index is 371. The van der Waals surface area contributed by atoms with Crippen LogP contribution in [0.25, 0.3) is 0 Å². The molecule has 1 heterocycles. The molecular weight excluding hydrogens is 352 g/mol. The second-order valence-corrected chi connectivity index (χ2v) is 8.00. The minimum Gasteiger partial charge on any atom is -0.356 e. The Labute approximate surface area is 172 Å². The van der Waals surface area contributed by atoms with Gasteiger partial charge in [0, 0.05) is 52.1 Å². The maximum absolute atomic E-state index is 11.7. The summed E-state index contributed by atoms with van der Waals surface area (Å²) < 4.78 is 0. The molecule has 2 amide bonds. The lowest BCUT2D eigenvalue weighted by atomic mass is 10.2. The summed E-state index contributed by atoms with van der Waals surface area (Å²) >= 11 is 0. The van der Waals surface area contributed by atoms with Crippen molar-refractivity contribution in [2.45, 2.75) is 78.1 Å². The third-order valence-corrected chi connectivity index (χ3v) is 5.43. The Balaban J connectivity index is 1.95. The van der Waals surface area contributed by atoms with Crippen LogP contribution in [0.3, 0.4) is 0 Å². The predicted octanol–water partition coefficient (Wildman–Crippen LogP) is 2.78. The maximum atomic E-state index is 11.7. The average molecular weight is 397 g/mol. The molecular formula is C22H44N4O2. The molecule has 1 aliphatic heterocycles. The van der Waals surface area contributed by atoms with E-state index < -0.39 is 0 Å². The van der Waals surface area contributed by atoms with Crippen LogP contribution in [-0.4, -0.2) is 74.0 Å². The maximum Gasteiger partial charge on any atom is 0.219 e. The number of nitrogens with one attached hydrogen (secondary N) is 2. The highest BCUT2D eigenvalue weighted by Gasteiger charge is 2.16. The number of unbranched alkanes of at least 4 members (excludes halogenated alkanes) is 4. The highest BCUT2D eigenvalue weighted by atomic mass is 16.2. The van der Waals surface area contributed by atoms with E-state index in [1.165, 1.54) is 0 Å². The number of amides is 2. The van der Waals surface area contributed by atoms with E-state index in [2.05, 4.69) is 34.3 Å². The summed E-state index contributed by atoms with van der Waals surface area (Å²) in [4.78, 5) is 28.4. The topological polar surface area (TPSA) is 64.7 Å². The first-order valence-electron chi connectivity index (χ1n) is 11.6. The van der Waals surface area contributed by atoms with Gasteiger partial charge in [-0.05, 0) is 38.8 Å². The Morgan fingerprint density at radius 1 is 0.643 bits per heavy atom. The van der Waals surface area contributed by atoms with Gasteiger partial charge in [-0.2, -0.15) is 0 Å². The van der Waals surface area contributed by atoms with Gasteiger partial charge in [-0.15, -0.1) is 0 Å². The van der Waals surface area contributed by atoms with E-state index >= 15 is 0 Å². The average Bonchev–Trinajstić information content (AvgIpc) is 2.70. The number of hydrogen-bond acceptors (Lipinski definition) is 4. The molecule has 0 atom stereocenters. The van der Waals surface area contributed by atoms with E-state index in [1.807, 2.05) is 0 Å². The van der Waals surface area contributed by atoms with Crippen LogP contribution in [0.4, 0.5) is 0 Å². The standard InChI is InChI=1S/C22H44N4O2/c1-3-5-7-11-21(27)23-13-9-15-25-17-19-26(20-18-25)16-10-14-24-22(28)12-8-6-4-2/h3-20H2,1-2H3,(H,23,27)(H,24,28). The zero-order valence-corrected chi connectivity index (χ0v) is 18.4. The third kappa shape index (κ3) is 13.1. The van der Waals surface area contributed by atoms with Crippen LogP contribution in [-0.2, 0) is 9.59 Å². The van der Waals surface area contributed by atoms with Crippen LogP contribution < -0.4 is 10.6 Å². The van der Waals surface area contributed by atoms with E-state index in [4.69, 9.17) is 0 Å². The molecule has 6 heteroatoms. The molecule has 1 fully saturated rings. The molecule has 2 N–H and O–H groups in total. The fraction of sp³-hybridized carbons (Fsp3) is 0.909. The van der Waals surface area contributed by atoms with E-state index in [0.29, 0.717) is 12.8 Å². The lowest BCUT2D eigenvalue weighted by Gasteiger charge is -2.34. The van der Waals surface area contributed by atoms with Crippen molar-refractivity contribution in [1.82, 2.24) is 20.4 Å². The van der Waals surface area contributed by atoms with Crippen molar-refractivity contribution in [3.63, 3.8) is 0 Å². The molecule has 164 valence electrons. The van der Waals surface area contributed by atoms with Gasteiger partial charge in [0.15, 0.2) is 0 Å². The van der Waals surface area contributed by atoms with Gasteiger partial charge in [-0.3, -0.25) is 9.59 Å². The Morgan fingerprint density at radius 2 is 1.04 bits per heavy atom. The number of piperazine rings is 1. The van der Waals surface area contributed by atoms with Crippen molar-refractivity contribution < 1.29 is 9.59 Å². The van der Waals surface area contributed by atoms with Crippen LogP contribution in [0.1, 0.15) is 78.1 Å². The number of carbonyl (C=O) groups excluding carboxylic acids is 2. The highest BCUT2D eigenvalue weighted by molar-refractivity contribution is 5.76. The minimum atomic E-state index is 0.204. The summed E-state index contributed by atoms with van der Waals surface area (Å²) in [6, 6.07) is 0. The van der Waals surface area contributed by atoms with Crippen molar-refractivity contribution >= 4 is 11.8 Å². The largest absolute Gasteiger partial charge is 0.356 e. The van der Waals surface area contributed by atoms with Crippen LogP contribution in [0.2, 0.25) is 0 Å². The Kier molecular flexibility index (Phi) is 14.9. The van der Waals surface area contributed by atoms with Crippen LogP contribution in [0.15, 0.2) is 0 Å². The zero-order valence-electron chi connectivity index (χ0n) is 18.4. The van der Waals surface area contributed by atoms with Gasteiger partial charge in [-0.1, -0.05) is 39.5 Å². The number of nitrogens with zero attached hydrogens (tertiary/aromatic N) is 2. The Morgan fingerprint density at radius 3 is 1.39 bits per heavy atom. The Hall–Kier alpha value is -1.14. The van der Waals surface area contributed by atoms with Crippen molar-refractivity contribution in [1.29, 1.82) is 0 Å². The fourth-order valence-electron chi connectivity index (χ4n) is 3.55. The summed E-state index contributed by atoms with van der Waals surface area (Å²) in [6.45, 7) is 12.5. The van der Waals surface area contributed by atoms with Gasteiger partial charge in [0.1, 0.15) is 0 Å². The molecule has 0 spiro atoms. The molecule has 1 rings (SSSR count). The van der Waals surface area contributed by atoms with Crippen LogP contribution in [0, 0.1) is 0 Å². The fourth-order valence-corrected chi connectivity index (χ4v) is 3.55. The molecule has 0 aromatic rings. The molecule has 0 bridgehead atoms. The molecule has 1 aliphatic rings. The minimum absolute atomic E-state index is 0.204. The molecule has 0 aromatic carbocycles. The summed E-state index contributed by atoms with van der Waals surface area (Å²) in [5.74, 6) is 0.409. The zero-order chi connectivity index (χ0) is 20.5. The molecule has 0 saturated carbocycles. The third-order valence-electron chi connectivity index (χ3n) is 5.43. The monoisotopic (exact) mass is 396 g/mol. The second kappa shape index (κ2) is 16.8. The second-order valence-electron chi connectivity index (χ2n) is 8.00. The smallest absolute Gasteiger partial charge is 0.219 e. The van der Waals surface area contributed by atoms with E-state index in [-0.39, 0.29) is 11.8 Å². The quantitative estimate of drug-likeness (QED) is 0.394. The van der Waals surface area contributed by atoms with Crippen molar-refractivity contribution in [3.05, 3.63) is 0 Å². The SMILES string of the molecule is CCCCCC(=O)NCCCN1CCN(CCCNC(=O)CCCCC)CC1. The highest BCUT2D eigenvalue weighted by Crippen LogP contribution is 2.04. The normalized spacial score (nSPS) is 15.5. The summed E-state index contributed by atoms with van der Waals surface area (Å²) in [7, 11) is 0. The van der Waals surface area contributed by atoms with Gasteiger partial charge in [0.25, 0.3) is 0 Å². The first kappa shape index (κ1) is 24.9. The lowest BCUT2D eigenvalue weighted by molar-refractivity contribution is -0.122. The van der Waals surface area contributed by atoms with Gasteiger partial charge in [0.05, 0.1) is 0 Å². The van der Waals surface area contributed by atoms with Gasteiger partial charge in [-0.25, -0.2) is 0 Å². The van der Waals surface area contributed by atoms with Crippen molar-refractivity contribution in [2.24, 2.45) is 0 Å². The lowest BCUT2D eigenvalue weighted by Crippen LogP contribution is -2.47. The molecule has 6 nitrogen and oxygen atoms in total. The molecule has 1 saturated heterocycles. The van der Waals surface area contributed by atoms with Gasteiger partial charge >= 0.3 is 0 Å². The van der Waals surface area contributed by atoms with Crippen LogP contribution >= 0.6 is 0 Å². The molecule has 0 aromatic heterocycles. The number of rotatable bonds is 16. The summed E-state index contributed by atoms with van der Waals surface area (Å²) in [6.07, 6.45) is 10.0.